The first-order valence-corrected chi connectivity index (χ1v) is 5.67. The Labute approximate surface area is 118 Å². The smallest absolute Gasteiger partial charge is 0.342 e. The molecule has 0 saturated heterocycles. The number of carbonyl (C=O) groups is 1. The maximum absolute atomic E-state index is 11.0. The van der Waals surface area contributed by atoms with Crippen LogP contribution in [0.1, 0.15) is 15.9 Å². The van der Waals surface area contributed by atoms with Crippen molar-refractivity contribution in [1.82, 2.24) is 4.98 Å². The summed E-state index contributed by atoms with van der Waals surface area (Å²) in [5, 5.41) is 31.5. The summed E-state index contributed by atoms with van der Waals surface area (Å²) in [4.78, 5) is 24.7. The third-order valence-electron chi connectivity index (χ3n) is 2.62. The van der Waals surface area contributed by atoms with Crippen LogP contribution in [0.4, 0.5) is 17.2 Å². The molecule has 0 aliphatic rings. The fraction of sp³-hybridized carbons (Fsp3) is 0. The van der Waals surface area contributed by atoms with Crippen molar-refractivity contribution in [2.24, 2.45) is 0 Å². The number of pyridine rings is 1. The van der Waals surface area contributed by atoms with E-state index in [1.165, 1.54) is 0 Å². The van der Waals surface area contributed by atoms with Crippen LogP contribution in [0.2, 0.25) is 0 Å². The van der Waals surface area contributed by atoms with Gasteiger partial charge in [0.1, 0.15) is 23.6 Å². The summed E-state index contributed by atoms with van der Waals surface area (Å²) in [5.74, 6) is -1.33. The quantitative estimate of drug-likeness (QED) is 0.650. The maximum atomic E-state index is 11.0. The summed E-state index contributed by atoms with van der Waals surface area (Å²) in [6.07, 6.45) is 0.862. The first-order valence-electron chi connectivity index (χ1n) is 5.67. The molecule has 0 atom stereocenters. The van der Waals surface area contributed by atoms with Gasteiger partial charge in [0, 0.05) is 6.07 Å². The molecule has 8 heteroatoms. The molecule has 1 aromatic heterocycles. The van der Waals surface area contributed by atoms with E-state index in [2.05, 4.69) is 10.3 Å². The number of nitrogens with zero attached hydrogens (tertiary/aromatic N) is 3. The second-order valence-electron chi connectivity index (χ2n) is 3.93. The number of carboxylic acid groups (broad SMARTS) is 1. The van der Waals surface area contributed by atoms with Crippen LogP contribution in [0.5, 0.6) is 0 Å². The topological polar surface area (TPSA) is 129 Å². The summed E-state index contributed by atoms with van der Waals surface area (Å²) >= 11 is 0. The van der Waals surface area contributed by atoms with Gasteiger partial charge < -0.3 is 10.4 Å². The number of hydrogen-bond acceptors (Lipinski definition) is 6. The van der Waals surface area contributed by atoms with Crippen molar-refractivity contribution in [3.8, 4) is 6.07 Å². The Kier molecular flexibility index (Phi) is 3.76. The number of benzene rings is 1. The first kappa shape index (κ1) is 14.0. The Bertz CT molecular complexity index is 767. The molecule has 0 saturated carbocycles. The predicted molar refractivity (Wildman–Crippen MR) is 72.3 cm³/mol. The molecule has 104 valence electrons. The van der Waals surface area contributed by atoms with Crippen molar-refractivity contribution in [3.05, 3.63) is 57.8 Å². The van der Waals surface area contributed by atoms with Crippen molar-refractivity contribution in [1.29, 1.82) is 5.26 Å². The molecule has 1 aromatic carbocycles. The van der Waals surface area contributed by atoms with E-state index in [0.717, 1.165) is 12.3 Å². The van der Waals surface area contributed by atoms with Crippen molar-refractivity contribution in [2.75, 3.05) is 5.32 Å². The minimum absolute atomic E-state index is 0.0979. The van der Waals surface area contributed by atoms with E-state index in [1.54, 1.807) is 24.3 Å². The van der Waals surface area contributed by atoms with E-state index in [9.17, 15) is 14.9 Å². The van der Waals surface area contributed by atoms with E-state index < -0.39 is 22.1 Å². The van der Waals surface area contributed by atoms with Gasteiger partial charge in [-0.05, 0) is 12.1 Å². The summed E-state index contributed by atoms with van der Waals surface area (Å²) in [5.41, 5.74) is -0.305. The highest BCUT2D eigenvalue weighted by molar-refractivity contribution is 5.93. The van der Waals surface area contributed by atoms with Gasteiger partial charge in [-0.25, -0.2) is 9.78 Å². The number of aromatic nitrogens is 1. The van der Waals surface area contributed by atoms with E-state index in [1.807, 2.05) is 6.07 Å². The molecule has 8 nitrogen and oxygen atoms in total. The minimum Gasteiger partial charge on any atom is -0.477 e. The zero-order chi connectivity index (χ0) is 15.4. The third-order valence-corrected chi connectivity index (χ3v) is 2.62. The van der Waals surface area contributed by atoms with Gasteiger partial charge in [0.05, 0.1) is 16.2 Å². The minimum atomic E-state index is -1.43. The van der Waals surface area contributed by atoms with Gasteiger partial charge in [-0.1, -0.05) is 12.1 Å². The molecule has 0 aliphatic carbocycles. The van der Waals surface area contributed by atoms with Gasteiger partial charge in [0.15, 0.2) is 0 Å². The van der Waals surface area contributed by atoms with Crippen LogP contribution in [0.25, 0.3) is 0 Å². The molecule has 0 spiro atoms. The molecule has 2 rings (SSSR count). The Morgan fingerprint density at radius 1 is 1.43 bits per heavy atom. The zero-order valence-electron chi connectivity index (χ0n) is 10.5. The second-order valence-corrected chi connectivity index (χ2v) is 3.93. The number of anilines is 2. The van der Waals surface area contributed by atoms with Gasteiger partial charge in [0.25, 0.3) is 0 Å². The SMILES string of the molecule is N#Cc1ccccc1Nc1cc(C(=O)O)c([N+](=O)[O-])cn1. The Morgan fingerprint density at radius 3 is 2.76 bits per heavy atom. The number of aromatic carboxylic acids is 1. The monoisotopic (exact) mass is 284 g/mol. The van der Waals surface area contributed by atoms with E-state index in [-0.39, 0.29) is 5.82 Å². The molecular formula is C13H8N4O4. The Hall–Kier alpha value is -3.47. The van der Waals surface area contributed by atoms with E-state index in [4.69, 9.17) is 10.4 Å². The summed E-state index contributed by atoms with van der Waals surface area (Å²) in [6.45, 7) is 0. The normalized spacial score (nSPS) is 9.67. The number of rotatable bonds is 4. The van der Waals surface area contributed by atoms with Crippen molar-refractivity contribution in [3.63, 3.8) is 0 Å². The standard InChI is InChI=1S/C13H8N4O4/c14-6-8-3-1-2-4-10(8)16-12-5-9(13(18)19)11(7-15-12)17(20)21/h1-5,7H,(H,15,16)(H,18,19). The largest absolute Gasteiger partial charge is 0.477 e. The van der Waals surface area contributed by atoms with Gasteiger partial charge in [-0.15, -0.1) is 0 Å². The fourth-order valence-corrected chi connectivity index (χ4v) is 1.66. The first-order chi connectivity index (χ1) is 10.0. The van der Waals surface area contributed by atoms with Crippen LogP contribution in [0, 0.1) is 21.4 Å². The Balaban J connectivity index is 2.42. The third kappa shape index (κ3) is 2.93. The van der Waals surface area contributed by atoms with Crippen LogP contribution in [0.3, 0.4) is 0 Å². The molecule has 0 aliphatic heterocycles. The molecular weight excluding hydrogens is 276 g/mol. The van der Waals surface area contributed by atoms with Crippen LogP contribution < -0.4 is 5.32 Å². The number of para-hydroxylation sites is 1. The number of nitro groups is 1. The molecule has 21 heavy (non-hydrogen) atoms. The van der Waals surface area contributed by atoms with Crippen LogP contribution in [-0.2, 0) is 0 Å². The highest BCUT2D eigenvalue weighted by Crippen LogP contribution is 2.24. The Morgan fingerprint density at radius 2 is 2.14 bits per heavy atom. The van der Waals surface area contributed by atoms with E-state index in [0.29, 0.717) is 11.3 Å². The average molecular weight is 284 g/mol. The van der Waals surface area contributed by atoms with Gasteiger partial charge >= 0.3 is 11.7 Å². The molecule has 0 unspecified atom stereocenters. The summed E-state index contributed by atoms with van der Waals surface area (Å²) in [6, 6.07) is 9.57. The molecule has 0 bridgehead atoms. The summed E-state index contributed by atoms with van der Waals surface area (Å²) < 4.78 is 0. The zero-order valence-corrected chi connectivity index (χ0v) is 10.5. The van der Waals surface area contributed by atoms with Gasteiger partial charge in [0.2, 0.25) is 0 Å². The number of nitrogens with one attached hydrogen (secondary N) is 1. The highest BCUT2D eigenvalue weighted by atomic mass is 16.6. The lowest BCUT2D eigenvalue weighted by atomic mass is 10.2. The van der Waals surface area contributed by atoms with Gasteiger partial charge in [-0.2, -0.15) is 5.26 Å². The van der Waals surface area contributed by atoms with Crippen molar-refractivity contribution in [2.45, 2.75) is 0 Å². The van der Waals surface area contributed by atoms with Crippen LogP contribution >= 0.6 is 0 Å². The average Bonchev–Trinajstić information content (AvgIpc) is 2.47. The number of carboxylic acids is 1. The molecule has 0 fully saturated rings. The second kappa shape index (κ2) is 5.66. The maximum Gasteiger partial charge on any atom is 0.342 e. The molecule has 0 radical (unpaired) electrons. The van der Waals surface area contributed by atoms with Crippen molar-refractivity contribution < 1.29 is 14.8 Å². The molecule has 0 amide bonds. The lowest BCUT2D eigenvalue weighted by Gasteiger charge is -2.07. The lowest BCUT2D eigenvalue weighted by molar-refractivity contribution is -0.385. The fourth-order valence-electron chi connectivity index (χ4n) is 1.66. The van der Waals surface area contributed by atoms with Crippen molar-refractivity contribution >= 4 is 23.2 Å². The van der Waals surface area contributed by atoms with E-state index >= 15 is 0 Å². The summed E-state index contributed by atoms with van der Waals surface area (Å²) in [7, 11) is 0. The highest BCUT2D eigenvalue weighted by Gasteiger charge is 2.21. The molecule has 1 heterocycles. The van der Waals surface area contributed by atoms with Crippen LogP contribution in [0.15, 0.2) is 36.5 Å². The predicted octanol–water partition coefficient (Wildman–Crippen LogP) is 2.30. The molecule has 2 aromatic rings. The van der Waals surface area contributed by atoms with Gasteiger partial charge in [-0.3, -0.25) is 10.1 Å². The van der Waals surface area contributed by atoms with Crippen LogP contribution in [-0.4, -0.2) is 21.0 Å². The lowest BCUT2D eigenvalue weighted by Crippen LogP contribution is -2.05. The number of hydrogen-bond donors (Lipinski definition) is 2. The molecule has 2 N–H and O–H groups in total. The number of nitriles is 1.